The fraction of sp³-hybridized carbons (Fsp3) is 0.300. The molecule has 0 saturated heterocycles. The number of amides is 1. The van der Waals surface area contributed by atoms with Crippen molar-refractivity contribution in [3.8, 4) is 11.1 Å². The maximum absolute atomic E-state index is 14.5. The Balaban J connectivity index is 0.00000107. The first-order chi connectivity index (χ1) is 15.3. The van der Waals surface area contributed by atoms with Gasteiger partial charge in [0.15, 0.2) is 6.10 Å². The zero-order chi connectivity index (χ0) is 24.9. The summed E-state index contributed by atoms with van der Waals surface area (Å²) < 4.78 is 48.0. The van der Waals surface area contributed by atoms with Crippen molar-refractivity contribution >= 4 is 38.5 Å². The van der Waals surface area contributed by atoms with Crippen molar-refractivity contribution < 1.29 is 72.1 Å². The Hall–Kier alpha value is -2.35. The van der Waals surface area contributed by atoms with Crippen LogP contribution in [0.2, 0.25) is 0 Å². The van der Waals surface area contributed by atoms with E-state index in [0.717, 1.165) is 0 Å². The standard InChI is InChI=1S/C19H17BrF3N3O3.CH2O3.Na/c1-19(2,3)28-18(27)25-10-6-11(16-12(22)4-9(21)5-13(16)23)17(24-8-10)14-7-15(20)26-29-14;2-1(3)4;/h4-6,8,14H,7H2,1-3H3,(H,25,27);(H2,2,3,4);/q;;+1/p-1. The summed E-state index contributed by atoms with van der Waals surface area (Å²) in [7, 11) is 0. The molecule has 1 atom stereocenters. The van der Waals surface area contributed by atoms with Gasteiger partial charge < -0.3 is 24.6 Å². The molecule has 34 heavy (non-hydrogen) atoms. The SMILES string of the molecule is CC(C)(C)OC(=O)Nc1cnc(C2CC(Br)=NO2)c(-c2c(F)cc(F)cc2F)c1.O=C([O-])O.[Na+]. The molecule has 1 aromatic carbocycles. The number of pyridine rings is 1. The first-order valence-corrected chi connectivity index (χ1v) is 9.99. The van der Waals surface area contributed by atoms with Gasteiger partial charge >= 0.3 is 35.7 Å². The number of rotatable bonds is 3. The molecule has 1 aliphatic heterocycles. The van der Waals surface area contributed by atoms with Gasteiger partial charge in [-0.05, 0) is 42.8 Å². The van der Waals surface area contributed by atoms with Crippen LogP contribution in [-0.4, -0.2) is 32.6 Å². The molecule has 178 valence electrons. The van der Waals surface area contributed by atoms with Crippen LogP contribution in [0.15, 0.2) is 29.6 Å². The van der Waals surface area contributed by atoms with E-state index >= 15 is 0 Å². The van der Waals surface area contributed by atoms with Gasteiger partial charge in [0, 0.05) is 24.1 Å². The number of nitrogens with zero attached hydrogens (tertiary/aromatic N) is 2. The molecule has 2 aromatic rings. The van der Waals surface area contributed by atoms with Gasteiger partial charge in [-0.2, -0.15) is 0 Å². The maximum atomic E-state index is 14.5. The predicted octanol–water partition coefficient (Wildman–Crippen LogP) is 1.57. The molecular weight excluding hydrogens is 538 g/mol. The number of carbonyl (C=O) groups excluding carboxylic acids is 1. The number of carboxylic acid groups (broad SMARTS) is 2. The van der Waals surface area contributed by atoms with E-state index in [0.29, 0.717) is 23.2 Å². The van der Waals surface area contributed by atoms with Crippen LogP contribution in [0.4, 0.5) is 28.4 Å². The number of ether oxygens (including phenoxy) is 1. The van der Waals surface area contributed by atoms with Gasteiger partial charge in [0.25, 0.3) is 0 Å². The monoisotopic (exact) mass is 555 g/mol. The van der Waals surface area contributed by atoms with Crippen molar-refractivity contribution in [2.45, 2.75) is 38.9 Å². The normalized spacial score (nSPS) is 14.6. The molecule has 9 nitrogen and oxygen atoms in total. The second kappa shape index (κ2) is 12.4. The first-order valence-electron chi connectivity index (χ1n) is 9.20. The molecule has 0 bridgehead atoms. The van der Waals surface area contributed by atoms with Gasteiger partial charge in [-0.15, -0.1) is 0 Å². The number of oxime groups is 1. The molecule has 14 heteroatoms. The van der Waals surface area contributed by atoms with Gasteiger partial charge in [-0.1, -0.05) is 5.16 Å². The van der Waals surface area contributed by atoms with Crippen LogP contribution >= 0.6 is 15.9 Å². The van der Waals surface area contributed by atoms with Crippen molar-refractivity contribution in [1.82, 2.24) is 4.98 Å². The molecular formula is C20H18BrF3N3NaO6. The summed E-state index contributed by atoms with van der Waals surface area (Å²) in [5.41, 5.74) is -0.915. The Bertz CT molecular complexity index is 1070. The summed E-state index contributed by atoms with van der Waals surface area (Å²) in [6, 6.07) is 2.46. The summed E-state index contributed by atoms with van der Waals surface area (Å²) in [6.45, 7) is 5.08. The summed E-state index contributed by atoms with van der Waals surface area (Å²) >= 11 is 3.20. The molecule has 1 aromatic heterocycles. The summed E-state index contributed by atoms with van der Waals surface area (Å²) in [4.78, 5) is 29.9. The van der Waals surface area contributed by atoms with Crippen molar-refractivity contribution in [3.05, 3.63) is 47.5 Å². The molecule has 3 rings (SSSR count). The van der Waals surface area contributed by atoms with Crippen LogP contribution < -0.4 is 40.0 Å². The average Bonchev–Trinajstić information content (AvgIpc) is 3.05. The van der Waals surface area contributed by atoms with E-state index in [-0.39, 0.29) is 46.5 Å². The second-order valence-corrected chi connectivity index (χ2v) is 8.48. The van der Waals surface area contributed by atoms with Crippen LogP contribution in [0.1, 0.15) is 39.0 Å². The molecule has 1 amide bonds. The van der Waals surface area contributed by atoms with Crippen LogP contribution in [0.25, 0.3) is 11.1 Å². The summed E-state index contributed by atoms with van der Waals surface area (Å²) in [5, 5.41) is 21.5. The molecule has 2 N–H and O–H groups in total. The summed E-state index contributed by atoms with van der Waals surface area (Å²) in [6.07, 6.45) is -1.96. The number of hydrogen-bond donors (Lipinski definition) is 2. The molecule has 0 saturated carbocycles. The van der Waals surface area contributed by atoms with Gasteiger partial charge in [-0.3, -0.25) is 10.3 Å². The van der Waals surface area contributed by atoms with Crippen LogP contribution in [0.5, 0.6) is 0 Å². The Kier molecular flexibility index (Phi) is 10.8. The quantitative estimate of drug-likeness (QED) is 0.549. The number of hydrogen-bond acceptors (Lipinski definition) is 7. The van der Waals surface area contributed by atoms with E-state index in [9.17, 15) is 18.0 Å². The van der Waals surface area contributed by atoms with Gasteiger partial charge in [0.2, 0.25) is 6.16 Å². The van der Waals surface area contributed by atoms with Crippen LogP contribution in [-0.2, 0) is 9.57 Å². The Morgan fingerprint density at radius 1 is 1.24 bits per heavy atom. The van der Waals surface area contributed by atoms with E-state index in [1.54, 1.807) is 20.8 Å². The average molecular weight is 556 g/mol. The fourth-order valence-electron chi connectivity index (χ4n) is 2.72. The number of halogens is 4. The zero-order valence-electron chi connectivity index (χ0n) is 18.5. The third kappa shape index (κ3) is 8.78. The van der Waals surface area contributed by atoms with E-state index in [1.807, 2.05) is 0 Å². The van der Waals surface area contributed by atoms with Crippen LogP contribution in [0.3, 0.4) is 0 Å². The molecule has 1 aliphatic rings. The number of carbonyl (C=O) groups is 2. The second-order valence-electron chi connectivity index (χ2n) is 7.56. The van der Waals surface area contributed by atoms with Crippen molar-refractivity contribution in [1.29, 1.82) is 0 Å². The summed E-state index contributed by atoms with van der Waals surface area (Å²) in [5.74, 6) is -3.28. The zero-order valence-corrected chi connectivity index (χ0v) is 22.1. The third-order valence-corrected chi connectivity index (χ3v) is 4.25. The molecule has 0 spiro atoms. The third-order valence-electron chi connectivity index (χ3n) is 3.78. The largest absolute Gasteiger partial charge is 1.00 e. The Morgan fingerprint density at radius 3 is 2.26 bits per heavy atom. The first kappa shape index (κ1) is 29.7. The number of anilines is 1. The smallest absolute Gasteiger partial charge is 0.565 e. The molecule has 1 unspecified atom stereocenters. The van der Waals surface area contributed by atoms with Crippen molar-refractivity contribution in [3.63, 3.8) is 0 Å². The molecule has 0 aliphatic carbocycles. The fourth-order valence-corrected chi connectivity index (χ4v) is 3.09. The molecule has 2 heterocycles. The van der Waals surface area contributed by atoms with E-state index in [4.69, 9.17) is 24.6 Å². The molecule has 0 radical (unpaired) electrons. The number of benzene rings is 1. The minimum Gasteiger partial charge on any atom is -0.565 e. The predicted molar refractivity (Wildman–Crippen MR) is 112 cm³/mol. The van der Waals surface area contributed by atoms with Gasteiger partial charge in [-0.25, -0.2) is 18.0 Å². The van der Waals surface area contributed by atoms with Crippen LogP contribution in [0, 0.1) is 17.5 Å². The Labute approximate surface area is 222 Å². The molecule has 0 fully saturated rings. The number of nitrogens with one attached hydrogen (secondary N) is 1. The maximum Gasteiger partial charge on any atom is 1.00 e. The van der Waals surface area contributed by atoms with E-state index in [2.05, 4.69) is 31.4 Å². The van der Waals surface area contributed by atoms with Crippen molar-refractivity contribution in [2.24, 2.45) is 5.16 Å². The topological polar surface area (TPSA) is 133 Å². The van der Waals surface area contributed by atoms with Gasteiger partial charge in [0.1, 0.15) is 27.7 Å². The van der Waals surface area contributed by atoms with Crippen molar-refractivity contribution in [2.75, 3.05) is 5.32 Å². The number of aromatic nitrogens is 1. The van der Waals surface area contributed by atoms with E-state index in [1.165, 1.54) is 12.3 Å². The minimum atomic E-state index is -2.08. The minimum absolute atomic E-state index is 0. The Morgan fingerprint density at radius 2 is 1.79 bits per heavy atom. The van der Waals surface area contributed by atoms with E-state index < -0.39 is 47.0 Å². The van der Waals surface area contributed by atoms with Gasteiger partial charge in [0.05, 0.1) is 23.1 Å².